The normalized spacial score (nSPS) is 17.7. The molecule has 1 fully saturated rings. The molecule has 2 aromatic rings. The second-order valence-corrected chi connectivity index (χ2v) is 7.18. The van der Waals surface area contributed by atoms with E-state index in [2.05, 4.69) is 19.1 Å². The number of esters is 1. The molecule has 1 aliphatic rings. The Morgan fingerprint density at radius 3 is 2.03 bits per heavy atom. The Labute approximate surface area is 189 Å². The minimum Gasteiger partial charge on any atom is -0.423 e. The highest BCUT2D eigenvalue weighted by Gasteiger charge is 2.19. The Balaban J connectivity index is 0.00000113. The number of hydrogen-bond donors (Lipinski definition) is 0. The molecule has 0 amide bonds. The van der Waals surface area contributed by atoms with E-state index in [-0.39, 0.29) is 5.97 Å². The van der Waals surface area contributed by atoms with Gasteiger partial charge in [0.05, 0.1) is 11.7 Å². The molecule has 0 spiro atoms. The molecule has 3 nitrogen and oxygen atoms in total. The van der Waals surface area contributed by atoms with Gasteiger partial charge in [-0.25, -0.2) is 4.79 Å². The van der Waals surface area contributed by atoms with Gasteiger partial charge in [-0.3, -0.25) is 0 Å². The lowest BCUT2D eigenvalue weighted by atomic mass is 9.87. The summed E-state index contributed by atoms with van der Waals surface area (Å²) in [5.74, 6) is 0.855. The first-order valence-electron chi connectivity index (χ1n) is 11.8. The smallest absolute Gasteiger partial charge is 0.343 e. The molecule has 1 aliphatic carbocycles. The zero-order chi connectivity index (χ0) is 23.1. The first-order valence-corrected chi connectivity index (χ1v) is 11.8. The number of hydrogen-bond acceptors (Lipinski definition) is 3. The average Bonchev–Trinajstić information content (AvgIpc) is 2.83. The van der Waals surface area contributed by atoms with Crippen molar-refractivity contribution in [3.63, 3.8) is 0 Å². The van der Waals surface area contributed by atoms with Gasteiger partial charge in [-0.05, 0) is 75.3 Å². The number of rotatable bonds is 6. The molecular weight excluding hydrogens is 384 g/mol. The molecule has 0 saturated heterocycles. The zero-order valence-corrected chi connectivity index (χ0v) is 20.2. The summed E-state index contributed by atoms with van der Waals surface area (Å²) in [6, 6.07) is 15.1. The van der Waals surface area contributed by atoms with Crippen LogP contribution in [0.25, 0.3) is 6.08 Å². The number of aryl methyl sites for hydroxylation is 1. The van der Waals surface area contributed by atoms with Crippen LogP contribution in [0.3, 0.4) is 0 Å². The molecule has 0 atom stereocenters. The third kappa shape index (κ3) is 9.52. The van der Waals surface area contributed by atoms with Crippen molar-refractivity contribution in [2.75, 3.05) is 6.61 Å². The van der Waals surface area contributed by atoms with Crippen LogP contribution >= 0.6 is 0 Å². The predicted molar refractivity (Wildman–Crippen MR) is 132 cm³/mol. The van der Waals surface area contributed by atoms with E-state index < -0.39 is 0 Å². The van der Waals surface area contributed by atoms with Crippen LogP contribution in [0.5, 0.6) is 5.75 Å². The molecule has 3 heteroatoms. The van der Waals surface area contributed by atoms with E-state index in [1.54, 1.807) is 0 Å². The van der Waals surface area contributed by atoms with Gasteiger partial charge in [0.1, 0.15) is 5.75 Å². The van der Waals surface area contributed by atoms with Gasteiger partial charge in [0.15, 0.2) is 0 Å². The summed E-state index contributed by atoms with van der Waals surface area (Å²) in [5, 5.41) is 0. The van der Waals surface area contributed by atoms with E-state index >= 15 is 0 Å². The molecule has 0 bridgehead atoms. The largest absolute Gasteiger partial charge is 0.423 e. The van der Waals surface area contributed by atoms with E-state index in [1.807, 2.05) is 83.1 Å². The Morgan fingerprint density at radius 2 is 1.48 bits per heavy atom. The molecule has 3 rings (SSSR count). The number of carbonyl (C=O) groups is 1. The Morgan fingerprint density at radius 1 is 0.903 bits per heavy atom. The van der Waals surface area contributed by atoms with Crippen molar-refractivity contribution in [3.05, 3.63) is 71.3 Å². The van der Waals surface area contributed by atoms with E-state index in [0.29, 0.717) is 23.3 Å². The fraction of sp³-hybridized carbons (Fsp3) is 0.464. The summed E-state index contributed by atoms with van der Waals surface area (Å²) in [6.07, 6.45) is 9.55. The monoisotopic (exact) mass is 424 g/mol. The highest BCUT2D eigenvalue weighted by molar-refractivity contribution is 5.91. The molecule has 0 unspecified atom stereocenters. The van der Waals surface area contributed by atoms with Crippen LogP contribution in [-0.2, 0) is 4.74 Å². The lowest BCUT2D eigenvalue weighted by Gasteiger charge is -2.26. The van der Waals surface area contributed by atoms with Crippen molar-refractivity contribution < 1.29 is 14.3 Å². The third-order valence-corrected chi connectivity index (χ3v) is 5.06. The molecule has 0 heterocycles. The summed E-state index contributed by atoms with van der Waals surface area (Å²) in [5.41, 5.74) is 2.80. The minimum atomic E-state index is -0.330. The molecule has 170 valence electrons. The third-order valence-electron chi connectivity index (χ3n) is 5.06. The van der Waals surface area contributed by atoms with Crippen LogP contribution in [0.15, 0.2) is 54.6 Å². The molecular formula is C28H40O3. The van der Waals surface area contributed by atoms with Gasteiger partial charge in [0.2, 0.25) is 0 Å². The molecule has 0 aliphatic heterocycles. The maximum Gasteiger partial charge on any atom is 0.343 e. The molecule has 0 aromatic heterocycles. The van der Waals surface area contributed by atoms with E-state index in [9.17, 15) is 4.79 Å². The van der Waals surface area contributed by atoms with Gasteiger partial charge in [-0.15, -0.1) is 0 Å². The Bertz CT molecular complexity index is 752. The van der Waals surface area contributed by atoms with Crippen LogP contribution in [0.2, 0.25) is 0 Å². The number of benzene rings is 2. The molecule has 31 heavy (non-hydrogen) atoms. The standard InChI is InChI=1S/C24H28O3.2C2H6/c1-3-26-22-16-10-20(11-17-22)7-6-19-8-12-21(13-9-19)24(25)27-23-14-4-18(2)5-15-23;2*1-2/h4-9,12-15,20,22H,3,10-11,16-17H2,1-2H3;2*1-2H3/b7-6+;;. The van der Waals surface area contributed by atoms with Crippen LogP contribution in [0.4, 0.5) is 0 Å². The fourth-order valence-corrected chi connectivity index (χ4v) is 3.43. The quantitative estimate of drug-likeness (QED) is 0.349. The molecule has 0 radical (unpaired) electrons. The maximum absolute atomic E-state index is 12.2. The van der Waals surface area contributed by atoms with Crippen LogP contribution in [0.1, 0.15) is 81.8 Å². The SMILES string of the molecule is CC.CC.CCOC1CCC(/C=C/c2ccc(C(=O)Oc3ccc(C)cc3)cc2)CC1. The van der Waals surface area contributed by atoms with Gasteiger partial charge in [-0.2, -0.15) is 0 Å². The van der Waals surface area contributed by atoms with E-state index in [4.69, 9.17) is 9.47 Å². The summed E-state index contributed by atoms with van der Waals surface area (Å²) in [4.78, 5) is 12.2. The van der Waals surface area contributed by atoms with Crippen LogP contribution < -0.4 is 4.74 Å². The van der Waals surface area contributed by atoms with Crippen molar-refractivity contribution >= 4 is 12.0 Å². The predicted octanol–water partition coefficient (Wildman–Crippen LogP) is 7.88. The van der Waals surface area contributed by atoms with Crippen LogP contribution in [0, 0.1) is 12.8 Å². The van der Waals surface area contributed by atoms with E-state index in [1.165, 1.54) is 12.8 Å². The van der Waals surface area contributed by atoms with Crippen molar-refractivity contribution in [3.8, 4) is 5.75 Å². The number of allylic oxidation sites excluding steroid dienone is 1. The number of carbonyl (C=O) groups excluding carboxylic acids is 1. The van der Waals surface area contributed by atoms with Gasteiger partial charge >= 0.3 is 5.97 Å². The highest BCUT2D eigenvalue weighted by Crippen LogP contribution is 2.27. The molecule has 2 aromatic carbocycles. The van der Waals surface area contributed by atoms with Crippen molar-refractivity contribution in [2.45, 2.75) is 73.3 Å². The molecule has 0 N–H and O–H groups in total. The second kappa shape index (κ2) is 15.4. The van der Waals surface area contributed by atoms with Gasteiger partial charge in [0.25, 0.3) is 0 Å². The summed E-state index contributed by atoms with van der Waals surface area (Å²) in [6.45, 7) is 12.9. The highest BCUT2D eigenvalue weighted by atomic mass is 16.5. The topological polar surface area (TPSA) is 35.5 Å². The lowest BCUT2D eigenvalue weighted by Crippen LogP contribution is -2.20. The Hall–Kier alpha value is -2.39. The first-order chi connectivity index (χ1) is 15.1. The van der Waals surface area contributed by atoms with Gasteiger partial charge in [-0.1, -0.05) is 69.7 Å². The first kappa shape index (κ1) is 26.6. The minimum absolute atomic E-state index is 0.330. The number of ether oxygens (including phenoxy) is 2. The van der Waals surface area contributed by atoms with Crippen molar-refractivity contribution in [1.82, 2.24) is 0 Å². The summed E-state index contributed by atoms with van der Waals surface area (Å²) in [7, 11) is 0. The lowest BCUT2D eigenvalue weighted by molar-refractivity contribution is 0.0303. The summed E-state index contributed by atoms with van der Waals surface area (Å²) >= 11 is 0. The molecule has 1 saturated carbocycles. The van der Waals surface area contributed by atoms with Gasteiger partial charge in [0, 0.05) is 6.61 Å². The maximum atomic E-state index is 12.2. The van der Waals surface area contributed by atoms with E-state index in [0.717, 1.165) is 30.6 Å². The van der Waals surface area contributed by atoms with Crippen LogP contribution in [-0.4, -0.2) is 18.7 Å². The zero-order valence-electron chi connectivity index (χ0n) is 20.2. The van der Waals surface area contributed by atoms with Crippen molar-refractivity contribution in [2.24, 2.45) is 5.92 Å². The fourth-order valence-electron chi connectivity index (χ4n) is 3.43. The summed E-state index contributed by atoms with van der Waals surface area (Å²) < 4.78 is 11.1. The average molecular weight is 425 g/mol. The Kier molecular flexibility index (Phi) is 13.3. The van der Waals surface area contributed by atoms with Gasteiger partial charge < -0.3 is 9.47 Å². The second-order valence-electron chi connectivity index (χ2n) is 7.18. The van der Waals surface area contributed by atoms with Crippen molar-refractivity contribution in [1.29, 1.82) is 0 Å².